The second-order valence-electron chi connectivity index (χ2n) is 4.19. The average Bonchev–Trinajstić information content (AvgIpc) is 2.39. The van der Waals surface area contributed by atoms with E-state index in [4.69, 9.17) is 5.84 Å². The minimum Gasteiger partial charge on any atom is -0.271 e. The molecule has 2 aromatic rings. The molecule has 0 aliphatic rings. The first kappa shape index (κ1) is 12.7. The molecule has 0 saturated carbocycles. The Bertz CT molecular complexity index is 528. The number of aryl methyl sites for hydroxylation is 1. The van der Waals surface area contributed by atoms with Gasteiger partial charge in [-0.05, 0) is 36.6 Å². The van der Waals surface area contributed by atoms with Gasteiger partial charge in [-0.1, -0.05) is 24.3 Å². The lowest BCUT2D eigenvalue weighted by Crippen LogP contribution is -2.30. The third-order valence-corrected chi connectivity index (χ3v) is 3.01. The van der Waals surface area contributed by atoms with Gasteiger partial charge in [-0.3, -0.25) is 16.3 Å². The van der Waals surface area contributed by atoms with E-state index in [1.165, 1.54) is 6.07 Å². The van der Waals surface area contributed by atoms with Crippen molar-refractivity contribution in [2.24, 2.45) is 5.84 Å². The summed E-state index contributed by atoms with van der Waals surface area (Å²) < 4.78 is 13.6. The van der Waals surface area contributed by atoms with Crippen molar-refractivity contribution in [3.8, 4) is 0 Å². The molecular weight excluding hydrogens is 229 g/mol. The molecule has 0 aliphatic carbocycles. The topological polar surface area (TPSA) is 50.9 Å². The summed E-state index contributed by atoms with van der Waals surface area (Å²) in [6.45, 7) is 1.92. The summed E-state index contributed by atoms with van der Waals surface area (Å²) in [6, 6.07) is 10.4. The summed E-state index contributed by atoms with van der Waals surface area (Å²) in [5.41, 5.74) is 5.26. The number of halogens is 1. The number of hydrogen-bond donors (Lipinski definition) is 2. The molecule has 94 valence electrons. The highest BCUT2D eigenvalue weighted by Gasteiger charge is 2.15. The zero-order valence-corrected chi connectivity index (χ0v) is 10.2. The maximum absolute atomic E-state index is 13.6. The number of pyridine rings is 1. The highest BCUT2D eigenvalue weighted by molar-refractivity contribution is 5.26. The molecule has 0 aliphatic heterocycles. The van der Waals surface area contributed by atoms with Gasteiger partial charge in [0, 0.05) is 11.9 Å². The van der Waals surface area contributed by atoms with Crippen LogP contribution in [0.3, 0.4) is 0 Å². The van der Waals surface area contributed by atoms with Crippen molar-refractivity contribution in [1.82, 2.24) is 10.4 Å². The van der Waals surface area contributed by atoms with Gasteiger partial charge >= 0.3 is 0 Å². The molecule has 3 nitrogen and oxygen atoms in total. The summed E-state index contributed by atoms with van der Waals surface area (Å²) in [7, 11) is 0. The molecule has 1 unspecified atom stereocenters. The van der Waals surface area contributed by atoms with Gasteiger partial charge in [0.15, 0.2) is 0 Å². The normalized spacial score (nSPS) is 12.4. The van der Waals surface area contributed by atoms with Gasteiger partial charge in [0.05, 0.1) is 6.04 Å². The van der Waals surface area contributed by atoms with Crippen molar-refractivity contribution in [2.75, 3.05) is 0 Å². The number of nitrogens with zero attached hydrogens (tertiary/aromatic N) is 1. The van der Waals surface area contributed by atoms with Crippen molar-refractivity contribution >= 4 is 0 Å². The third-order valence-electron chi connectivity index (χ3n) is 3.01. The van der Waals surface area contributed by atoms with Crippen LogP contribution in [-0.2, 0) is 6.42 Å². The van der Waals surface area contributed by atoms with Gasteiger partial charge in [-0.2, -0.15) is 0 Å². The molecule has 0 saturated heterocycles. The lowest BCUT2D eigenvalue weighted by atomic mass is 9.98. The van der Waals surface area contributed by atoms with Crippen molar-refractivity contribution < 1.29 is 4.39 Å². The minimum absolute atomic E-state index is 0.143. The van der Waals surface area contributed by atoms with E-state index >= 15 is 0 Å². The lowest BCUT2D eigenvalue weighted by Gasteiger charge is -2.18. The van der Waals surface area contributed by atoms with Crippen LogP contribution in [0.15, 0.2) is 42.6 Å². The number of hydrazine groups is 1. The predicted molar refractivity (Wildman–Crippen MR) is 69.1 cm³/mol. The first-order valence-corrected chi connectivity index (χ1v) is 5.83. The number of nitrogens with one attached hydrogen (secondary N) is 1. The van der Waals surface area contributed by atoms with Gasteiger partial charge < -0.3 is 0 Å². The highest BCUT2D eigenvalue weighted by Crippen LogP contribution is 2.21. The second kappa shape index (κ2) is 5.71. The first-order chi connectivity index (χ1) is 8.72. The smallest absolute Gasteiger partial charge is 0.126 e. The van der Waals surface area contributed by atoms with Crippen LogP contribution in [0.1, 0.15) is 22.9 Å². The molecule has 0 radical (unpaired) electrons. The predicted octanol–water partition coefficient (Wildman–Crippen LogP) is 2.28. The average molecular weight is 245 g/mol. The van der Waals surface area contributed by atoms with Gasteiger partial charge in [0.25, 0.3) is 0 Å². The lowest BCUT2D eigenvalue weighted by molar-refractivity contribution is 0.525. The third kappa shape index (κ3) is 2.72. The SMILES string of the molecule is Cc1ncccc1C(Cc1ccccc1F)NN. The minimum atomic E-state index is -0.209. The Labute approximate surface area is 106 Å². The van der Waals surface area contributed by atoms with Crippen molar-refractivity contribution in [2.45, 2.75) is 19.4 Å². The van der Waals surface area contributed by atoms with Gasteiger partial charge in [0.1, 0.15) is 5.82 Å². The number of hydrogen-bond acceptors (Lipinski definition) is 3. The largest absolute Gasteiger partial charge is 0.271 e. The van der Waals surface area contributed by atoms with Crippen LogP contribution in [0, 0.1) is 12.7 Å². The molecule has 18 heavy (non-hydrogen) atoms. The molecule has 1 aromatic carbocycles. The van der Waals surface area contributed by atoms with Gasteiger partial charge in [0.2, 0.25) is 0 Å². The maximum atomic E-state index is 13.6. The fourth-order valence-electron chi connectivity index (χ4n) is 2.01. The first-order valence-electron chi connectivity index (χ1n) is 5.83. The van der Waals surface area contributed by atoms with E-state index in [0.717, 1.165) is 11.3 Å². The van der Waals surface area contributed by atoms with Crippen LogP contribution in [0.25, 0.3) is 0 Å². The maximum Gasteiger partial charge on any atom is 0.126 e. The number of aromatic nitrogens is 1. The monoisotopic (exact) mass is 245 g/mol. The fourth-order valence-corrected chi connectivity index (χ4v) is 2.01. The van der Waals surface area contributed by atoms with Crippen molar-refractivity contribution in [3.05, 3.63) is 65.2 Å². The zero-order valence-electron chi connectivity index (χ0n) is 10.2. The van der Waals surface area contributed by atoms with E-state index in [-0.39, 0.29) is 11.9 Å². The molecule has 0 spiro atoms. The molecule has 0 fully saturated rings. The Morgan fingerprint density at radius 3 is 2.72 bits per heavy atom. The van der Waals surface area contributed by atoms with Crippen molar-refractivity contribution in [1.29, 1.82) is 0 Å². The summed E-state index contributed by atoms with van der Waals surface area (Å²) in [5.74, 6) is 5.36. The summed E-state index contributed by atoms with van der Waals surface area (Å²) in [4.78, 5) is 4.22. The zero-order chi connectivity index (χ0) is 13.0. The van der Waals surface area contributed by atoms with Gasteiger partial charge in [-0.15, -0.1) is 0 Å². The van der Waals surface area contributed by atoms with Crippen LogP contribution in [0.2, 0.25) is 0 Å². The van der Waals surface area contributed by atoms with Crippen LogP contribution in [-0.4, -0.2) is 4.98 Å². The molecule has 0 amide bonds. The van der Waals surface area contributed by atoms with Crippen LogP contribution in [0.4, 0.5) is 4.39 Å². The van der Waals surface area contributed by atoms with Crippen LogP contribution < -0.4 is 11.3 Å². The Morgan fingerprint density at radius 2 is 2.06 bits per heavy atom. The van der Waals surface area contributed by atoms with E-state index in [1.807, 2.05) is 25.1 Å². The standard InChI is InChI=1S/C14H16FN3/c1-10-12(6-4-8-17-10)14(18-16)9-11-5-2-3-7-13(11)15/h2-8,14,18H,9,16H2,1H3. The summed E-state index contributed by atoms with van der Waals surface area (Å²) in [6.07, 6.45) is 2.23. The van der Waals surface area contributed by atoms with Crippen LogP contribution >= 0.6 is 0 Å². The van der Waals surface area contributed by atoms with E-state index < -0.39 is 0 Å². The molecular formula is C14H16FN3. The fraction of sp³-hybridized carbons (Fsp3) is 0.214. The van der Waals surface area contributed by atoms with E-state index in [0.29, 0.717) is 12.0 Å². The number of rotatable bonds is 4. The Balaban J connectivity index is 2.26. The van der Waals surface area contributed by atoms with E-state index in [1.54, 1.807) is 18.3 Å². The van der Waals surface area contributed by atoms with Crippen LogP contribution in [0.5, 0.6) is 0 Å². The Kier molecular flexibility index (Phi) is 4.02. The number of nitrogens with two attached hydrogens (primary N) is 1. The molecule has 0 bridgehead atoms. The Hall–Kier alpha value is -1.78. The molecule has 1 heterocycles. The second-order valence-corrected chi connectivity index (χ2v) is 4.19. The summed E-state index contributed by atoms with van der Waals surface area (Å²) in [5, 5.41) is 0. The molecule has 1 atom stereocenters. The van der Waals surface area contributed by atoms with Crippen molar-refractivity contribution in [3.63, 3.8) is 0 Å². The molecule has 2 rings (SSSR count). The molecule has 3 N–H and O–H groups in total. The molecule has 1 aromatic heterocycles. The highest BCUT2D eigenvalue weighted by atomic mass is 19.1. The van der Waals surface area contributed by atoms with Gasteiger partial charge in [-0.25, -0.2) is 4.39 Å². The van der Waals surface area contributed by atoms with E-state index in [2.05, 4.69) is 10.4 Å². The van der Waals surface area contributed by atoms with E-state index in [9.17, 15) is 4.39 Å². The molecule has 4 heteroatoms. The Morgan fingerprint density at radius 1 is 1.28 bits per heavy atom. The quantitative estimate of drug-likeness (QED) is 0.642. The summed E-state index contributed by atoms with van der Waals surface area (Å²) >= 11 is 0. The number of benzene rings is 1.